The second-order valence-electron chi connectivity index (χ2n) is 5.73. The molecular weight excluding hydrogens is 284 g/mol. The van der Waals surface area contributed by atoms with Crippen LogP contribution in [0.1, 0.15) is 29.9 Å². The quantitative estimate of drug-likeness (QED) is 0.939. The predicted octanol–water partition coefficient (Wildman–Crippen LogP) is 2.52. The van der Waals surface area contributed by atoms with Crippen LogP contribution in [0, 0.1) is 0 Å². The summed E-state index contributed by atoms with van der Waals surface area (Å²) in [6, 6.07) is 3.54. The maximum Gasteiger partial charge on any atom is 0.352 e. The zero-order chi connectivity index (χ0) is 15.9. The second kappa shape index (κ2) is 5.14. The summed E-state index contributed by atoms with van der Waals surface area (Å²) in [5.41, 5.74) is 2.20. The average Bonchev–Trinajstić information content (AvgIpc) is 2.85. The van der Waals surface area contributed by atoms with E-state index in [-0.39, 0.29) is 5.69 Å². The zero-order valence-electron chi connectivity index (χ0n) is 12.8. The van der Waals surface area contributed by atoms with Gasteiger partial charge in [-0.05, 0) is 26.0 Å². The predicted molar refractivity (Wildman–Crippen MR) is 80.2 cm³/mol. The van der Waals surface area contributed by atoms with Crippen molar-refractivity contribution >= 4 is 5.97 Å². The Morgan fingerprint density at radius 3 is 2.95 bits per heavy atom. The van der Waals surface area contributed by atoms with Crippen molar-refractivity contribution in [1.29, 1.82) is 0 Å². The van der Waals surface area contributed by atoms with Crippen molar-refractivity contribution in [2.24, 2.45) is 0 Å². The van der Waals surface area contributed by atoms with E-state index < -0.39 is 11.6 Å². The molecule has 0 aromatic carbocycles. The number of hydrogen-bond acceptors (Lipinski definition) is 4. The van der Waals surface area contributed by atoms with E-state index >= 15 is 0 Å². The highest BCUT2D eigenvalue weighted by atomic mass is 16.5. The minimum Gasteiger partial charge on any atom is -0.481 e. The molecule has 3 heterocycles. The molecule has 116 valence electrons. The molecular formula is C16H18N2O4. The summed E-state index contributed by atoms with van der Waals surface area (Å²) in [6.45, 7) is 4.75. The van der Waals surface area contributed by atoms with Crippen LogP contribution in [-0.2, 0) is 16.9 Å². The highest BCUT2D eigenvalue weighted by molar-refractivity contribution is 5.89. The van der Waals surface area contributed by atoms with Gasteiger partial charge >= 0.3 is 5.97 Å². The molecule has 6 nitrogen and oxygen atoms in total. The van der Waals surface area contributed by atoms with Crippen LogP contribution in [-0.4, -0.2) is 34.3 Å². The number of methoxy groups -OCH3 is 1. The van der Waals surface area contributed by atoms with E-state index in [0.29, 0.717) is 18.9 Å². The van der Waals surface area contributed by atoms with Crippen LogP contribution in [0.15, 0.2) is 24.5 Å². The van der Waals surface area contributed by atoms with Crippen molar-refractivity contribution in [2.75, 3.05) is 13.7 Å². The van der Waals surface area contributed by atoms with Gasteiger partial charge in [-0.15, -0.1) is 0 Å². The molecule has 2 aromatic rings. The summed E-state index contributed by atoms with van der Waals surface area (Å²) >= 11 is 0. The first-order chi connectivity index (χ1) is 10.5. The number of hydrogen-bond donors (Lipinski definition) is 1. The van der Waals surface area contributed by atoms with Crippen molar-refractivity contribution in [1.82, 2.24) is 9.55 Å². The Morgan fingerprint density at radius 1 is 1.50 bits per heavy atom. The number of ether oxygens (including phenoxy) is 2. The first-order valence-corrected chi connectivity index (χ1v) is 7.05. The molecule has 0 fully saturated rings. The Kier molecular flexibility index (Phi) is 3.41. The lowest BCUT2D eigenvalue weighted by Crippen LogP contribution is -2.29. The fraction of sp³-hybridized carbons (Fsp3) is 0.375. The van der Waals surface area contributed by atoms with Gasteiger partial charge in [-0.25, -0.2) is 4.79 Å². The van der Waals surface area contributed by atoms with Gasteiger partial charge in [-0.3, -0.25) is 4.98 Å². The fourth-order valence-electron chi connectivity index (χ4n) is 2.88. The summed E-state index contributed by atoms with van der Waals surface area (Å²) in [6.07, 6.45) is 3.34. The summed E-state index contributed by atoms with van der Waals surface area (Å²) in [5.74, 6) is -0.300. The van der Waals surface area contributed by atoms with Gasteiger partial charge in [0.2, 0.25) is 0 Å². The number of carbonyl (C=O) groups is 1. The molecule has 0 aliphatic carbocycles. The molecule has 3 rings (SSSR count). The molecule has 1 N–H and O–H groups in total. The molecule has 1 aliphatic heterocycles. The van der Waals surface area contributed by atoms with Gasteiger partial charge in [0.05, 0.1) is 18.5 Å². The van der Waals surface area contributed by atoms with Crippen molar-refractivity contribution in [3.8, 4) is 17.0 Å². The highest BCUT2D eigenvalue weighted by Crippen LogP contribution is 2.46. The topological polar surface area (TPSA) is 73.6 Å². The van der Waals surface area contributed by atoms with Crippen molar-refractivity contribution in [2.45, 2.75) is 26.0 Å². The number of carboxylic acid groups (broad SMARTS) is 1. The number of rotatable bonds is 4. The maximum atomic E-state index is 11.6. The summed E-state index contributed by atoms with van der Waals surface area (Å²) < 4.78 is 12.9. The van der Waals surface area contributed by atoms with E-state index in [1.807, 2.05) is 19.9 Å². The van der Waals surface area contributed by atoms with E-state index in [0.717, 1.165) is 16.8 Å². The Hall–Kier alpha value is -2.34. The minimum atomic E-state index is -0.961. The summed E-state index contributed by atoms with van der Waals surface area (Å²) in [5, 5.41) is 9.52. The molecule has 6 heteroatoms. The van der Waals surface area contributed by atoms with E-state index in [9.17, 15) is 9.90 Å². The molecule has 0 saturated heterocycles. The van der Waals surface area contributed by atoms with Crippen LogP contribution in [0.4, 0.5) is 0 Å². The van der Waals surface area contributed by atoms with E-state index in [4.69, 9.17) is 9.47 Å². The lowest BCUT2D eigenvalue weighted by molar-refractivity contribution is 0.0683. The zero-order valence-corrected chi connectivity index (χ0v) is 12.8. The van der Waals surface area contributed by atoms with Gasteiger partial charge < -0.3 is 19.1 Å². The van der Waals surface area contributed by atoms with Crippen LogP contribution in [0.3, 0.4) is 0 Å². The molecule has 0 saturated carbocycles. The number of carboxylic acids is 1. The third-order valence-electron chi connectivity index (χ3n) is 3.89. The standard InChI is InChI=1S/C16H18N2O4/c1-16(2)11-8-12(15(19)20)18(6-7-21-3)14(11)10-4-5-17-9-13(10)22-16/h4-5,8-9H,6-7H2,1-3H3,(H,19,20). The Morgan fingerprint density at radius 2 is 2.27 bits per heavy atom. The first kappa shape index (κ1) is 14.6. The lowest BCUT2D eigenvalue weighted by atomic mass is 9.92. The van der Waals surface area contributed by atoms with Crippen LogP contribution < -0.4 is 4.74 Å². The smallest absolute Gasteiger partial charge is 0.352 e. The number of pyridine rings is 1. The van der Waals surface area contributed by atoms with Crippen LogP contribution >= 0.6 is 0 Å². The van der Waals surface area contributed by atoms with E-state index in [2.05, 4.69) is 4.98 Å². The second-order valence-corrected chi connectivity index (χ2v) is 5.73. The molecule has 0 bridgehead atoms. The van der Waals surface area contributed by atoms with Gasteiger partial charge in [0, 0.05) is 31.0 Å². The first-order valence-electron chi connectivity index (χ1n) is 7.05. The van der Waals surface area contributed by atoms with Crippen LogP contribution in [0.25, 0.3) is 11.3 Å². The Bertz CT molecular complexity index is 734. The van der Waals surface area contributed by atoms with Gasteiger partial charge in [0.1, 0.15) is 17.0 Å². The van der Waals surface area contributed by atoms with Crippen molar-refractivity contribution in [3.63, 3.8) is 0 Å². The molecule has 1 aliphatic rings. The third kappa shape index (κ3) is 2.16. The Labute approximate surface area is 128 Å². The number of aromatic nitrogens is 2. The highest BCUT2D eigenvalue weighted by Gasteiger charge is 2.37. The molecule has 0 radical (unpaired) electrons. The largest absolute Gasteiger partial charge is 0.481 e. The van der Waals surface area contributed by atoms with Gasteiger partial charge in [-0.1, -0.05) is 0 Å². The van der Waals surface area contributed by atoms with Crippen LogP contribution in [0.2, 0.25) is 0 Å². The molecule has 22 heavy (non-hydrogen) atoms. The van der Waals surface area contributed by atoms with Crippen molar-refractivity contribution < 1.29 is 19.4 Å². The average molecular weight is 302 g/mol. The fourth-order valence-corrected chi connectivity index (χ4v) is 2.88. The Balaban J connectivity index is 2.28. The maximum absolute atomic E-state index is 11.6. The van der Waals surface area contributed by atoms with E-state index in [1.54, 1.807) is 30.1 Å². The number of fused-ring (bicyclic) bond motifs is 3. The normalized spacial score (nSPS) is 14.9. The van der Waals surface area contributed by atoms with Gasteiger partial charge in [0.25, 0.3) is 0 Å². The number of aromatic carboxylic acids is 1. The third-order valence-corrected chi connectivity index (χ3v) is 3.89. The SMILES string of the molecule is COCCn1c(C(=O)O)cc2c1-c1ccncc1OC2(C)C. The lowest BCUT2D eigenvalue weighted by Gasteiger charge is -2.33. The number of nitrogens with zero attached hydrogens (tertiary/aromatic N) is 2. The van der Waals surface area contributed by atoms with E-state index in [1.165, 1.54) is 0 Å². The molecule has 0 atom stereocenters. The van der Waals surface area contributed by atoms with Gasteiger partial charge in [0.15, 0.2) is 0 Å². The van der Waals surface area contributed by atoms with Gasteiger partial charge in [-0.2, -0.15) is 0 Å². The monoisotopic (exact) mass is 302 g/mol. The molecule has 0 amide bonds. The van der Waals surface area contributed by atoms with Crippen molar-refractivity contribution in [3.05, 3.63) is 35.8 Å². The molecule has 2 aromatic heterocycles. The molecule has 0 unspecified atom stereocenters. The summed E-state index contributed by atoms with van der Waals surface area (Å²) in [4.78, 5) is 15.7. The summed E-state index contributed by atoms with van der Waals surface area (Å²) in [7, 11) is 1.60. The minimum absolute atomic E-state index is 0.239. The van der Waals surface area contributed by atoms with Crippen LogP contribution in [0.5, 0.6) is 5.75 Å². The molecule has 0 spiro atoms.